The SMILES string of the molecule is C[C@H](CCC(=O)NCCC[N+](C)(C)CCCS(=O)(=O)O)[C@H]1CCC2C3CCC4CCC(O)C[C@]4(C)C3CC[C@@]21C. The van der Waals surface area contributed by atoms with Crippen LogP contribution < -0.4 is 5.32 Å². The Labute approximate surface area is 244 Å². The number of amides is 1. The fourth-order valence-corrected chi connectivity index (χ4v) is 11.0. The average Bonchev–Trinajstić information content (AvgIpc) is 3.21. The van der Waals surface area contributed by atoms with Crippen LogP contribution >= 0.6 is 0 Å². The highest BCUT2D eigenvalue weighted by Gasteiger charge is 2.60. The second-order valence-corrected chi connectivity index (χ2v) is 17.1. The largest absolute Gasteiger partial charge is 0.393 e. The van der Waals surface area contributed by atoms with Crippen LogP contribution in [-0.4, -0.2) is 74.1 Å². The van der Waals surface area contributed by atoms with E-state index in [-0.39, 0.29) is 17.8 Å². The molecule has 3 N–H and O–H groups in total. The summed E-state index contributed by atoms with van der Waals surface area (Å²) >= 11 is 0. The summed E-state index contributed by atoms with van der Waals surface area (Å²) in [4.78, 5) is 12.7. The Kier molecular flexibility index (Phi) is 10.1. The minimum Gasteiger partial charge on any atom is -0.393 e. The quantitative estimate of drug-likeness (QED) is 0.165. The van der Waals surface area contributed by atoms with Gasteiger partial charge < -0.3 is 14.9 Å². The molecule has 7 nitrogen and oxygen atoms in total. The highest BCUT2D eigenvalue weighted by Crippen LogP contribution is 2.68. The Hall–Kier alpha value is -0.700. The summed E-state index contributed by atoms with van der Waals surface area (Å²) in [5.74, 6) is 4.43. The zero-order valence-corrected chi connectivity index (χ0v) is 26.9. The van der Waals surface area contributed by atoms with Crippen LogP contribution in [0.2, 0.25) is 0 Å². The number of hydrogen-bond donors (Lipinski definition) is 3. The number of nitrogens with one attached hydrogen (secondary N) is 1. The Balaban J connectivity index is 1.21. The molecule has 5 unspecified atom stereocenters. The normalized spacial score (nSPS) is 38.7. The molecule has 0 bridgehead atoms. The Morgan fingerprint density at radius 2 is 1.65 bits per heavy atom. The van der Waals surface area contributed by atoms with Gasteiger partial charge in [-0.2, -0.15) is 8.42 Å². The molecule has 8 heteroatoms. The number of carbonyl (C=O) groups excluding carboxylic acids is 1. The second-order valence-electron chi connectivity index (χ2n) is 15.6. The summed E-state index contributed by atoms with van der Waals surface area (Å²) in [5.41, 5.74) is 0.726. The van der Waals surface area contributed by atoms with Crippen LogP contribution in [0.1, 0.15) is 104 Å². The fraction of sp³-hybridized carbons (Fsp3) is 0.969. The van der Waals surface area contributed by atoms with Gasteiger partial charge in [0.25, 0.3) is 10.1 Å². The van der Waals surface area contributed by atoms with Crippen molar-refractivity contribution in [3.05, 3.63) is 0 Å². The maximum absolute atomic E-state index is 12.7. The van der Waals surface area contributed by atoms with Crippen molar-refractivity contribution in [1.29, 1.82) is 0 Å². The minimum atomic E-state index is -3.90. The lowest BCUT2D eigenvalue weighted by Gasteiger charge is -2.61. The van der Waals surface area contributed by atoms with Crippen molar-refractivity contribution in [3.8, 4) is 0 Å². The molecule has 40 heavy (non-hydrogen) atoms. The molecular weight excluding hydrogens is 524 g/mol. The first-order chi connectivity index (χ1) is 18.6. The van der Waals surface area contributed by atoms with Crippen LogP contribution in [0.25, 0.3) is 0 Å². The van der Waals surface area contributed by atoms with Crippen LogP contribution in [0.3, 0.4) is 0 Å². The third kappa shape index (κ3) is 7.26. The smallest absolute Gasteiger partial charge is 0.265 e. The molecule has 9 atom stereocenters. The topological polar surface area (TPSA) is 104 Å². The molecule has 4 rings (SSSR count). The van der Waals surface area contributed by atoms with E-state index in [1.807, 2.05) is 0 Å². The van der Waals surface area contributed by atoms with Crippen molar-refractivity contribution in [1.82, 2.24) is 5.32 Å². The molecule has 0 heterocycles. The maximum Gasteiger partial charge on any atom is 0.265 e. The lowest BCUT2D eigenvalue weighted by molar-refractivity contribution is -0.890. The molecule has 0 aromatic heterocycles. The third-order valence-corrected chi connectivity index (χ3v) is 13.4. The molecule has 4 saturated carbocycles. The predicted octanol–water partition coefficient (Wildman–Crippen LogP) is 5.28. The van der Waals surface area contributed by atoms with Gasteiger partial charge in [-0.25, -0.2) is 0 Å². The zero-order chi connectivity index (χ0) is 29.3. The number of rotatable bonds is 12. The van der Waals surface area contributed by atoms with Crippen molar-refractivity contribution in [2.24, 2.45) is 46.3 Å². The first-order valence-electron chi connectivity index (χ1n) is 16.4. The van der Waals surface area contributed by atoms with E-state index in [9.17, 15) is 18.3 Å². The van der Waals surface area contributed by atoms with Gasteiger partial charge in [0.1, 0.15) is 0 Å². The first-order valence-corrected chi connectivity index (χ1v) is 18.0. The van der Waals surface area contributed by atoms with Gasteiger partial charge >= 0.3 is 0 Å². The van der Waals surface area contributed by atoms with E-state index in [2.05, 4.69) is 40.2 Å². The summed E-state index contributed by atoms with van der Waals surface area (Å²) < 4.78 is 31.5. The molecule has 0 radical (unpaired) electrons. The van der Waals surface area contributed by atoms with Gasteiger partial charge in [0.2, 0.25) is 5.91 Å². The third-order valence-electron chi connectivity index (χ3n) is 12.6. The molecule has 4 aliphatic rings. The lowest BCUT2D eigenvalue weighted by atomic mass is 9.44. The Morgan fingerprint density at radius 1 is 0.975 bits per heavy atom. The molecule has 0 aromatic rings. The Morgan fingerprint density at radius 3 is 2.38 bits per heavy atom. The van der Waals surface area contributed by atoms with Crippen molar-refractivity contribution >= 4 is 16.0 Å². The molecule has 4 aliphatic carbocycles. The molecule has 232 valence electrons. The van der Waals surface area contributed by atoms with Gasteiger partial charge in [0.15, 0.2) is 0 Å². The van der Waals surface area contributed by atoms with Crippen LogP contribution in [-0.2, 0) is 14.9 Å². The second kappa shape index (κ2) is 12.5. The molecule has 1 amide bonds. The molecule has 0 saturated heterocycles. The van der Waals surface area contributed by atoms with Crippen molar-refractivity contribution in [3.63, 3.8) is 0 Å². The highest BCUT2D eigenvalue weighted by atomic mass is 32.2. The van der Waals surface area contributed by atoms with E-state index in [1.54, 1.807) is 0 Å². The maximum atomic E-state index is 12.7. The molecule has 0 aliphatic heterocycles. The minimum absolute atomic E-state index is 0.0978. The van der Waals surface area contributed by atoms with Crippen LogP contribution in [0.15, 0.2) is 0 Å². The van der Waals surface area contributed by atoms with E-state index in [0.717, 1.165) is 55.9 Å². The van der Waals surface area contributed by atoms with Gasteiger partial charge in [0, 0.05) is 25.8 Å². The molecule has 0 spiro atoms. The molecule has 4 fully saturated rings. The number of fused-ring (bicyclic) bond motifs is 5. The Bertz CT molecular complexity index is 986. The van der Waals surface area contributed by atoms with Gasteiger partial charge in [-0.05, 0) is 111 Å². The summed E-state index contributed by atoms with van der Waals surface area (Å²) in [5, 5.41) is 13.7. The van der Waals surface area contributed by atoms with Gasteiger partial charge in [-0.1, -0.05) is 20.8 Å². The van der Waals surface area contributed by atoms with Gasteiger partial charge in [-0.15, -0.1) is 0 Å². The van der Waals surface area contributed by atoms with E-state index < -0.39 is 10.1 Å². The monoisotopic (exact) mass is 583 g/mol. The standard InChI is InChI=1S/C32H58N2O5S/c1-23(8-15-30(36)33-18-6-19-34(4,5)20-7-21-40(37,38)39)27-13-14-28-26-12-10-24-9-11-25(35)22-32(24,3)29(26)16-17-31(27,28)2/h23-29,35H,6-22H2,1-5H3,(H-,33,36,37,38,39)/p+1/t23-,24?,25?,26?,27-,28?,29?,31-,32+/m1/s1. The number of carbonyl (C=O) groups is 1. The number of aliphatic hydroxyl groups excluding tert-OH is 1. The van der Waals surface area contributed by atoms with Gasteiger partial charge in [-0.3, -0.25) is 9.35 Å². The number of hydrogen-bond acceptors (Lipinski definition) is 4. The van der Waals surface area contributed by atoms with E-state index in [0.29, 0.717) is 53.1 Å². The number of aliphatic hydroxyl groups is 1. The highest BCUT2D eigenvalue weighted by molar-refractivity contribution is 7.85. The number of quaternary nitrogens is 1. The predicted molar refractivity (Wildman–Crippen MR) is 160 cm³/mol. The molecule has 0 aromatic carbocycles. The van der Waals surface area contributed by atoms with Crippen molar-refractivity contribution in [2.45, 2.75) is 110 Å². The average molecular weight is 584 g/mol. The van der Waals surface area contributed by atoms with Crippen molar-refractivity contribution in [2.75, 3.05) is 39.5 Å². The summed E-state index contributed by atoms with van der Waals surface area (Å²) in [6.07, 6.45) is 14.0. The number of nitrogens with zero attached hydrogens (tertiary/aromatic N) is 1. The summed E-state index contributed by atoms with van der Waals surface area (Å²) in [7, 11) is 0.210. The van der Waals surface area contributed by atoms with E-state index in [4.69, 9.17) is 4.55 Å². The summed E-state index contributed by atoms with van der Waals surface area (Å²) in [6.45, 7) is 9.67. The van der Waals surface area contributed by atoms with Crippen LogP contribution in [0, 0.1) is 46.3 Å². The van der Waals surface area contributed by atoms with Crippen LogP contribution in [0.5, 0.6) is 0 Å². The van der Waals surface area contributed by atoms with E-state index >= 15 is 0 Å². The van der Waals surface area contributed by atoms with Gasteiger partial charge in [0.05, 0.1) is 39.0 Å². The van der Waals surface area contributed by atoms with Crippen molar-refractivity contribution < 1.29 is 27.4 Å². The lowest BCUT2D eigenvalue weighted by Crippen LogP contribution is -2.54. The first kappa shape index (κ1) is 32.2. The summed E-state index contributed by atoms with van der Waals surface area (Å²) in [6, 6.07) is 0. The molecular formula is C32H59N2O5S+. The fourth-order valence-electron chi connectivity index (χ4n) is 10.5. The van der Waals surface area contributed by atoms with E-state index in [1.165, 1.54) is 44.9 Å². The van der Waals surface area contributed by atoms with Crippen LogP contribution in [0.4, 0.5) is 0 Å². The zero-order valence-electron chi connectivity index (χ0n) is 26.0.